The number of pyridine rings is 1. The minimum atomic E-state index is 0.606. The number of nitrogens with zero attached hydrogens (tertiary/aromatic N) is 3. The van der Waals surface area contributed by atoms with Crippen molar-refractivity contribution >= 4 is 16.9 Å². The molecule has 1 saturated carbocycles. The summed E-state index contributed by atoms with van der Waals surface area (Å²) in [6.45, 7) is 0. The second kappa shape index (κ2) is 4.07. The first kappa shape index (κ1) is 11.5. The Hall–Kier alpha value is -2.36. The molecule has 0 bridgehead atoms. The number of aromatic nitrogens is 3. The number of hydrogen-bond donors (Lipinski definition) is 1. The molecule has 4 nitrogen and oxygen atoms in total. The molecule has 1 fully saturated rings. The Morgan fingerprint density at radius 1 is 1.20 bits per heavy atom. The first-order valence-corrected chi connectivity index (χ1v) is 6.89. The lowest BCUT2D eigenvalue weighted by atomic mass is 10.1. The average Bonchev–Trinajstić information content (AvgIpc) is 3.23. The molecule has 0 spiro atoms. The van der Waals surface area contributed by atoms with Crippen molar-refractivity contribution in [2.45, 2.75) is 18.8 Å². The van der Waals surface area contributed by atoms with Gasteiger partial charge in [0.15, 0.2) is 0 Å². The number of nitrogens with two attached hydrogens (primary N) is 1. The minimum absolute atomic E-state index is 0.606. The molecule has 0 radical (unpaired) electrons. The van der Waals surface area contributed by atoms with E-state index in [1.807, 2.05) is 30.1 Å². The molecule has 20 heavy (non-hydrogen) atoms. The van der Waals surface area contributed by atoms with Crippen molar-refractivity contribution in [1.82, 2.24) is 14.5 Å². The molecule has 0 unspecified atom stereocenters. The molecule has 0 saturated heterocycles. The van der Waals surface area contributed by atoms with Gasteiger partial charge in [-0.25, -0.2) is 9.97 Å². The third kappa shape index (κ3) is 1.84. The van der Waals surface area contributed by atoms with Crippen LogP contribution in [-0.2, 0) is 7.05 Å². The zero-order chi connectivity index (χ0) is 13.7. The molecule has 3 aromatic rings. The fourth-order valence-corrected chi connectivity index (χ4v) is 2.66. The quantitative estimate of drug-likeness (QED) is 0.773. The monoisotopic (exact) mass is 264 g/mol. The van der Waals surface area contributed by atoms with Crippen molar-refractivity contribution in [2.75, 3.05) is 5.73 Å². The van der Waals surface area contributed by atoms with Crippen LogP contribution >= 0.6 is 0 Å². The summed E-state index contributed by atoms with van der Waals surface area (Å²) in [7, 11) is 2.00. The Bertz CT molecular complexity index is 799. The van der Waals surface area contributed by atoms with Crippen molar-refractivity contribution in [3.8, 4) is 11.3 Å². The smallest absolute Gasteiger partial charge is 0.124 e. The summed E-state index contributed by atoms with van der Waals surface area (Å²) in [5, 5.41) is 0. The highest BCUT2D eigenvalue weighted by atomic mass is 15.0. The second-order valence-electron chi connectivity index (χ2n) is 5.54. The first-order chi connectivity index (χ1) is 9.70. The Labute approximate surface area is 117 Å². The van der Waals surface area contributed by atoms with Crippen LogP contribution in [0, 0.1) is 0 Å². The SMILES string of the molecule is Cn1cnc2ccc(-c3cc(C4CC4)cc(N)n3)cc21. The Balaban J connectivity index is 1.87. The Morgan fingerprint density at radius 3 is 2.85 bits per heavy atom. The van der Waals surface area contributed by atoms with Crippen molar-refractivity contribution in [3.63, 3.8) is 0 Å². The van der Waals surface area contributed by atoms with E-state index in [2.05, 4.69) is 28.2 Å². The average molecular weight is 264 g/mol. The van der Waals surface area contributed by atoms with Gasteiger partial charge in [0.2, 0.25) is 0 Å². The number of anilines is 1. The van der Waals surface area contributed by atoms with Gasteiger partial charge in [-0.1, -0.05) is 6.07 Å². The van der Waals surface area contributed by atoms with Crippen LogP contribution in [0.15, 0.2) is 36.7 Å². The van der Waals surface area contributed by atoms with Crippen molar-refractivity contribution in [1.29, 1.82) is 0 Å². The molecule has 2 aromatic heterocycles. The van der Waals surface area contributed by atoms with Crippen molar-refractivity contribution in [3.05, 3.63) is 42.2 Å². The number of rotatable bonds is 2. The summed E-state index contributed by atoms with van der Waals surface area (Å²) < 4.78 is 2.02. The molecule has 0 atom stereocenters. The van der Waals surface area contributed by atoms with Gasteiger partial charge in [-0.15, -0.1) is 0 Å². The van der Waals surface area contributed by atoms with Gasteiger partial charge in [0.25, 0.3) is 0 Å². The fourth-order valence-electron chi connectivity index (χ4n) is 2.66. The van der Waals surface area contributed by atoms with E-state index >= 15 is 0 Å². The lowest BCUT2D eigenvalue weighted by Crippen LogP contribution is -1.95. The molecule has 1 aromatic carbocycles. The van der Waals surface area contributed by atoms with E-state index in [1.165, 1.54) is 18.4 Å². The van der Waals surface area contributed by atoms with Gasteiger partial charge in [0.05, 0.1) is 23.1 Å². The van der Waals surface area contributed by atoms with E-state index in [0.29, 0.717) is 11.7 Å². The number of hydrogen-bond acceptors (Lipinski definition) is 3. The topological polar surface area (TPSA) is 56.7 Å². The summed E-state index contributed by atoms with van der Waals surface area (Å²) in [6, 6.07) is 10.4. The summed E-state index contributed by atoms with van der Waals surface area (Å²) >= 11 is 0. The van der Waals surface area contributed by atoms with Gasteiger partial charge in [0, 0.05) is 12.6 Å². The van der Waals surface area contributed by atoms with E-state index < -0.39 is 0 Å². The van der Waals surface area contributed by atoms with Crippen LogP contribution in [0.2, 0.25) is 0 Å². The molecule has 2 heterocycles. The number of nitrogen functional groups attached to an aromatic ring is 1. The molecular formula is C16H16N4. The lowest BCUT2D eigenvalue weighted by molar-refractivity contribution is 0.948. The molecule has 2 N–H and O–H groups in total. The van der Waals surface area contributed by atoms with Crippen LogP contribution in [0.5, 0.6) is 0 Å². The molecule has 0 aliphatic heterocycles. The maximum absolute atomic E-state index is 5.96. The standard InChI is InChI=1S/C16H16N4/c1-20-9-18-13-5-4-11(7-15(13)20)14-6-12(10-2-3-10)8-16(17)19-14/h4-10H,2-3H2,1H3,(H2,17,19). The zero-order valence-corrected chi connectivity index (χ0v) is 11.4. The second-order valence-corrected chi connectivity index (χ2v) is 5.54. The Morgan fingerprint density at radius 2 is 2.05 bits per heavy atom. The van der Waals surface area contributed by atoms with E-state index in [9.17, 15) is 0 Å². The van der Waals surface area contributed by atoms with Crippen LogP contribution in [0.4, 0.5) is 5.82 Å². The number of aryl methyl sites for hydroxylation is 1. The van der Waals surface area contributed by atoms with Crippen molar-refractivity contribution in [2.24, 2.45) is 7.05 Å². The molecule has 0 amide bonds. The molecule has 4 rings (SSSR count). The van der Waals surface area contributed by atoms with Crippen LogP contribution in [0.3, 0.4) is 0 Å². The normalized spacial score (nSPS) is 14.8. The van der Waals surface area contributed by atoms with Crippen LogP contribution in [-0.4, -0.2) is 14.5 Å². The number of fused-ring (bicyclic) bond motifs is 1. The van der Waals surface area contributed by atoms with Crippen LogP contribution in [0.1, 0.15) is 24.3 Å². The highest BCUT2D eigenvalue weighted by Gasteiger charge is 2.24. The summed E-state index contributed by atoms with van der Waals surface area (Å²) in [6.07, 6.45) is 4.37. The van der Waals surface area contributed by atoms with Crippen LogP contribution in [0.25, 0.3) is 22.3 Å². The van der Waals surface area contributed by atoms with Crippen LogP contribution < -0.4 is 5.73 Å². The van der Waals surface area contributed by atoms with Gasteiger partial charge in [-0.2, -0.15) is 0 Å². The van der Waals surface area contributed by atoms with Crippen molar-refractivity contribution < 1.29 is 0 Å². The first-order valence-electron chi connectivity index (χ1n) is 6.89. The predicted molar refractivity (Wildman–Crippen MR) is 80.3 cm³/mol. The Kier molecular flexibility index (Phi) is 2.33. The van der Waals surface area contributed by atoms with E-state index in [0.717, 1.165) is 22.3 Å². The summed E-state index contributed by atoms with van der Waals surface area (Å²) in [5.41, 5.74) is 11.4. The van der Waals surface area contributed by atoms with Gasteiger partial charge < -0.3 is 10.3 Å². The maximum atomic E-state index is 5.96. The maximum Gasteiger partial charge on any atom is 0.124 e. The molecule has 1 aliphatic rings. The molecule has 1 aliphatic carbocycles. The summed E-state index contributed by atoms with van der Waals surface area (Å²) in [4.78, 5) is 8.83. The van der Waals surface area contributed by atoms with Gasteiger partial charge in [-0.3, -0.25) is 0 Å². The minimum Gasteiger partial charge on any atom is -0.384 e. The number of benzene rings is 1. The third-order valence-corrected chi connectivity index (χ3v) is 3.94. The lowest BCUT2D eigenvalue weighted by Gasteiger charge is -2.07. The van der Waals surface area contributed by atoms with Gasteiger partial charge in [-0.05, 0) is 48.6 Å². The van der Waals surface area contributed by atoms with Gasteiger partial charge >= 0.3 is 0 Å². The molecule has 100 valence electrons. The van der Waals surface area contributed by atoms with E-state index in [1.54, 1.807) is 0 Å². The zero-order valence-electron chi connectivity index (χ0n) is 11.4. The van der Waals surface area contributed by atoms with E-state index in [-0.39, 0.29) is 0 Å². The summed E-state index contributed by atoms with van der Waals surface area (Å²) in [5.74, 6) is 1.29. The third-order valence-electron chi connectivity index (χ3n) is 3.94. The fraction of sp³-hybridized carbons (Fsp3) is 0.250. The largest absolute Gasteiger partial charge is 0.384 e. The van der Waals surface area contributed by atoms with Gasteiger partial charge in [0.1, 0.15) is 5.82 Å². The predicted octanol–water partition coefficient (Wildman–Crippen LogP) is 3.09. The van der Waals surface area contributed by atoms with E-state index in [4.69, 9.17) is 5.73 Å². The molecular weight excluding hydrogens is 248 g/mol. The number of imidazole rings is 1. The highest BCUT2D eigenvalue weighted by Crippen LogP contribution is 2.41. The molecule has 4 heteroatoms. The highest BCUT2D eigenvalue weighted by molar-refractivity contribution is 5.81.